The van der Waals surface area contributed by atoms with Gasteiger partial charge in [0.05, 0.1) is 16.6 Å². The Hall–Kier alpha value is -3.81. The van der Waals surface area contributed by atoms with Gasteiger partial charge in [-0.3, -0.25) is 14.3 Å². The van der Waals surface area contributed by atoms with Crippen molar-refractivity contribution in [2.45, 2.75) is 74.5 Å². The lowest BCUT2D eigenvalue weighted by atomic mass is 10.1. The minimum Gasteiger partial charge on any atom is -0.406 e. The number of hydrogen-bond acceptors (Lipinski definition) is 5. The normalized spacial score (nSPS) is 18.9. The van der Waals surface area contributed by atoms with E-state index in [1.807, 2.05) is 48.5 Å². The molecule has 1 aliphatic heterocycles. The summed E-state index contributed by atoms with van der Waals surface area (Å²) in [5.74, 6) is 0. The monoisotopic (exact) mass is 738 g/mol. The summed E-state index contributed by atoms with van der Waals surface area (Å²) in [5, 5.41) is 2.92. The van der Waals surface area contributed by atoms with Crippen molar-refractivity contribution in [2.24, 2.45) is 0 Å². The summed E-state index contributed by atoms with van der Waals surface area (Å²) >= 11 is 1.45. The van der Waals surface area contributed by atoms with Crippen LogP contribution in [-0.2, 0) is 8.85 Å². The molecule has 51 heavy (non-hydrogen) atoms. The molecule has 6 rings (SSSR count). The number of H-pyrrole nitrogens is 1. The number of benzene rings is 4. The summed E-state index contributed by atoms with van der Waals surface area (Å²) < 4.78 is 32.8. The van der Waals surface area contributed by atoms with Crippen LogP contribution < -0.4 is 32.0 Å². The first-order valence-corrected chi connectivity index (χ1v) is 22.2. The fraction of sp³-hybridized carbons (Fsp3) is 0.317. The molecule has 0 radical (unpaired) electrons. The van der Waals surface area contributed by atoms with Crippen LogP contribution in [0.5, 0.6) is 0 Å². The first-order valence-electron chi connectivity index (χ1n) is 17.4. The summed E-state index contributed by atoms with van der Waals surface area (Å²) in [5.41, 5.74) is -1.35. The number of hydrogen-bond donors (Lipinski definition) is 1. The third kappa shape index (κ3) is 6.92. The van der Waals surface area contributed by atoms with Crippen molar-refractivity contribution in [3.8, 4) is 0 Å². The predicted octanol–water partition coefficient (Wildman–Crippen LogP) is 6.01. The molecule has 5 aromatic rings. The van der Waals surface area contributed by atoms with Gasteiger partial charge in [0.1, 0.15) is 0 Å². The summed E-state index contributed by atoms with van der Waals surface area (Å²) in [4.78, 5) is 27.0. The van der Waals surface area contributed by atoms with Crippen LogP contribution in [0.15, 0.2) is 143 Å². The van der Waals surface area contributed by atoms with Crippen LogP contribution in [0.2, 0.25) is 10.1 Å². The van der Waals surface area contributed by atoms with Gasteiger partial charge >= 0.3 is 5.69 Å². The van der Waals surface area contributed by atoms with Crippen molar-refractivity contribution in [3.63, 3.8) is 0 Å². The fourth-order valence-electron chi connectivity index (χ4n) is 7.62. The molecular formula is C41H47FN2O4SSi2. The van der Waals surface area contributed by atoms with Gasteiger partial charge in [0.2, 0.25) is 0 Å². The molecule has 4 atom stereocenters. The van der Waals surface area contributed by atoms with E-state index >= 15 is 4.39 Å². The van der Waals surface area contributed by atoms with Gasteiger partial charge in [-0.25, -0.2) is 9.18 Å². The van der Waals surface area contributed by atoms with Crippen molar-refractivity contribution < 1.29 is 13.2 Å². The van der Waals surface area contributed by atoms with E-state index in [9.17, 15) is 9.59 Å². The molecule has 0 spiro atoms. The van der Waals surface area contributed by atoms with E-state index in [-0.39, 0.29) is 15.3 Å². The molecule has 266 valence electrons. The number of aromatic nitrogens is 2. The Morgan fingerprint density at radius 2 is 1.10 bits per heavy atom. The zero-order chi connectivity index (χ0) is 36.4. The van der Waals surface area contributed by atoms with E-state index < -0.39 is 45.5 Å². The zero-order valence-corrected chi connectivity index (χ0v) is 32.9. The molecule has 1 N–H and O–H groups in total. The molecule has 0 bridgehead atoms. The number of rotatable bonds is 11. The van der Waals surface area contributed by atoms with Gasteiger partial charge in [-0.2, -0.15) is 0 Å². The number of nitrogens with zero attached hydrogens (tertiary/aromatic N) is 1. The highest BCUT2D eigenvalue weighted by atomic mass is 32.2. The van der Waals surface area contributed by atoms with Gasteiger partial charge in [0.15, 0.2) is 6.30 Å². The molecule has 1 aliphatic rings. The molecular weight excluding hydrogens is 692 g/mol. The maximum Gasteiger partial charge on any atom is 0.330 e. The molecule has 1 aromatic heterocycles. The van der Waals surface area contributed by atoms with Crippen LogP contribution in [-0.4, -0.2) is 49.4 Å². The second-order valence-corrected chi connectivity index (χ2v) is 25.2. The Balaban J connectivity index is 1.47. The summed E-state index contributed by atoms with van der Waals surface area (Å²) in [6, 6.07) is 42.8. The first kappa shape index (κ1) is 37.0. The van der Waals surface area contributed by atoms with Crippen molar-refractivity contribution >= 4 is 49.1 Å². The zero-order valence-electron chi connectivity index (χ0n) is 30.1. The number of thioether (sulfide) groups is 1. The fourth-order valence-corrected chi connectivity index (χ4v) is 18.6. The molecule has 0 aliphatic carbocycles. The quantitative estimate of drug-likeness (QED) is 0.168. The SMILES string of the molecule is CC(C)(C)[Si](OC[C@H]1SC(C(F)n2ccc(=O)[nH]c2=O)[C@@H]1O[Si](c1ccccc1)(c1ccccc1)C(C)(C)C)(c1ccccc1)c1ccccc1. The van der Waals surface area contributed by atoms with Crippen LogP contribution in [0.4, 0.5) is 4.39 Å². The summed E-state index contributed by atoms with van der Waals surface area (Å²) in [6.45, 7) is 13.7. The van der Waals surface area contributed by atoms with Crippen LogP contribution in [0.3, 0.4) is 0 Å². The van der Waals surface area contributed by atoms with E-state index in [1.54, 1.807) is 0 Å². The average Bonchev–Trinajstić information content (AvgIpc) is 3.10. The number of alkyl halides is 1. The Labute approximate surface area is 306 Å². The van der Waals surface area contributed by atoms with Crippen LogP contribution >= 0.6 is 11.8 Å². The Bertz CT molecular complexity index is 1940. The molecule has 10 heteroatoms. The lowest BCUT2D eigenvalue weighted by Gasteiger charge is -2.53. The molecule has 2 heterocycles. The number of nitrogens with one attached hydrogen (secondary N) is 1. The van der Waals surface area contributed by atoms with E-state index in [1.165, 1.54) is 24.0 Å². The van der Waals surface area contributed by atoms with Crippen molar-refractivity contribution in [3.05, 3.63) is 154 Å². The summed E-state index contributed by atoms with van der Waals surface area (Å²) in [6.07, 6.45) is -1.13. The third-order valence-corrected chi connectivity index (χ3v) is 21.6. The maximum atomic E-state index is 16.8. The minimum absolute atomic E-state index is 0.241. The molecule has 1 saturated heterocycles. The van der Waals surface area contributed by atoms with Gasteiger partial charge in [0.25, 0.3) is 22.2 Å². The topological polar surface area (TPSA) is 73.3 Å². The lowest BCUT2D eigenvalue weighted by Crippen LogP contribution is -2.72. The average molecular weight is 739 g/mol. The van der Waals surface area contributed by atoms with Crippen molar-refractivity contribution in [1.29, 1.82) is 0 Å². The van der Waals surface area contributed by atoms with Crippen LogP contribution in [0.1, 0.15) is 47.8 Å². The molecule has 2 unspecified atom stereocenters. The second kappa shape index (κ2) is 14.7. The Kier molecular flexibility index (Phi) is 10.6. The molecule has 4 aromatic carbocycles. The highest BCUT2D eigenvalue weighted by Gasteiger charge is 2.59. The highest BCUT2D eigenvalue weighted by Crippen LogP contribution is 2.50. The maximum absolute atomic E-state index is 16.8. The standard InChI is InChI=1S/C41H47FN2O4SSi2/c1-40(2,3)50(30-19-11-7-12-20-30,31-21-13-8-14-22-31)47-29-34-36(37(49-34)38(42)44-28-27-35(45)43-39(44)46)48-51(41(4,5)6,32-23-15-9-16-24-32)33-25-17-10-18-26-33/h7-28,34,36-38H,29H2,1-6H3,(H,43,45,46)/t34-,36-,37?,38?/m1/s1. The van der Waals surface area contributed by atoms with Crippen molar-refractivity contribution in [2.75, 3.05) is 6.61 Å². The lowest BCUT2D eigenvalue weighted by molar-refractivity contribution is 0.0803. The van der Waals surface area contributed by atoms with Crippen LogP contribution in [0, 0.1) is 0 Å². The van der Waals surface area contributed by atoms with E-state index in [0.717, 1.165) is 25.3 Å². The van der Waals surface area contributed by atoms with Gasteiger partial charge < -0.3 is 8.85 Å². The summed E-state index contributed by atoms with van der Waals surface area (Å²) in [7, 11) is -6.07. The second-order valence-electron chi connectivity index (χ2n) is 15.2. The highest BCUT2D eigenvalue weighted by molar-refractivity contribution is 8.02. The molecule has 6 nitrogen and oxygen atoms in total. The Morgan fingerprint density at radius 3 is 1.49 bits per heavy atom. The van der Waals surface area contributed by atoms with Gasteiger partial charge in [-0.05, 0) is 30.8 Å². The largest absolute Gasteiger partial charge is 0.406 e. The van der Waals surface area contributed by atoms with E-state index in [2.05, 4.69) is 119 Å². The van der Waals surface area contributed by atoms with E-state index in [0.29, 0.717) is 6.61 Å². The molecule has 0 saturated carbocycles. The minimum atomic E-state index is -3.14. The van der Waals surface area contributed by atoms with E-state index in [4.69, 9.17) is 8.85 Å². The number of halogens is 1. The van der Waals surface area contributed by atoms with Gasteiger partial charge in [-0.1, -0.05) is 163 Å². The number of aromatic amines is 1. The molecule has 0 amide bonds. The Morgan fingerprint density at radius 1 is 0.686 bits per heavy atom. The van der Waals surface area contributed by atoms with Gasteiger partial charge in [0, 0.05) is 18.9 Å². The first-order chi connectivity index (χ1) is 24.3. The predicted molar refractivity (Wildman–Crippen MR) is 213 cm³/mol. The van der Waals surface area contributed by atoms with Crippen molar-refractivity contribution in [1.82, 2.24) is 9.55 Å². The van der Waals surface area contributed by atoms with Crippen LogP contribution in [0.25, 0.3) is 0 Å². The molecule has 1 fully saturated rings. The van der Waals surface area contributed by atoms with Gasteiger partial charge in [-0.15, -0.1) is 11.8 Å². The third-order valence-electron chi connectivity index (χ3n) is 10.0. The smallest absolute Gasteiger partial charge is 0.330 e.